The summed E-state index contributed by atoms with van der Waals surface area (Å²) in [4.78, 5) is 0. The molecular formula is C29H40O7Si. The van der Waals surface area contributed by atoms with Crippen LogP contribution in [-0.4, -0.2) is 71.8 Å². The molecule has 1 aliphatic carbocycles. The van der Waals surface area contributed by atoms with E-state index in [0.717, 1.165) is 11.1 Å². The Morgan fingerprint density at radius 3 is 1.89 bits per heavy atom. The molecule has 7 nitrogen and oxygen atoms in total. The first-order chi connectivity index (χ1) is 17.3. The average molecular weight is 529 g/mol. The molecule has 37 heavy (non-hydrogen) atoms. The van der Waals surface area contributed by atoms with Crippen molar-refractivity contribution in [2.75, 3.05) is 0 Å². The molecule has 3 saturated heterocycles. The third-order valence-corrected chi connectivity index (χ3v) is 13.1. The number of benzene rings is 2. The van der Waals surface area contributed by atoms with Gasteiger partial charge in [0.15, 0.2) is 8.32 Å². The number of rotatable bonds is 8. The average Bonchev–Trinajstić information content (AvgIpc) is 2.81. The van der Waals surface area contributed by atoms with Gasteiger partial charge in [-0.25, -0.2) is 0 Å². The molecular weight excluding hydrogens is 488 g/mol. The minimum Gasteiger partial charge on any atom is -0.408 e. The van der Waals surface area contributed by atoms with E-state index in [4.69, 9.17) is 18.6 Å². The molecule has 7 atom stereocenters. The van der Waals surface area contributed by atoms with Crippen molar-refractivity contribution in [2.24, 2.45) is 0 Å². The first-order valence-corrected chi connectivity index (χ1v) is 16.1. The second kappa shape index (κ2) is 9.53. The maximum atomic E-state index is 12.3. The van der Waals surface area contributed by atoms with Crippen LogP contribution in [0.3, 0.4) is 0 Å². The van der Waals surface area contributed by atoms with E-state index >= 15 is 0 Å². The number of hydrogen-bond acceptors (Lipinski definition) is 7. The van der Waals surface area contributed by atoms with Crippen molar-refractivity contribution in [3.63, 3.8) is 0 Å². The van der Waals surface area contributed by atoms with Crippen LogP contribution in [0.2, 0.25) is 18.1 Å². The zero-order valence-corrected chi connectivity index (χ0v) is 23.3. The van der Waals surface area contributed by atoms with Crippen LogP contribution in [0.25, 0.3) is 0 Å². The first kappa shape index (κ1) is 27.0. The van der Waals surface area contributed by atoms with Gasteiger partial charge in [-0.2, -0.15) is 0 Å². The Hall–Kier alpha value is -1.62. The van der Waals surface area contributed by atoms with Crippen LogP contribution in [0.4, 0.5) is 0 Å². The minimum absolute atomic E-state index is 0.0625. The van der Waals surface area contributed by atoms with E-state index in [0.29, 0.717) is 12.8 Å². The summed E-state index contributed by atoms with van der Waals surface area (Å²) in [7, 11) is -2.32. The molecule has 202 valence electrons. The predicted molar refractivity (Wildman–Crippen MR) is 141 cm³/mol. The zero-order chi connectivity index (χ0) is 26.6. The van der Waals surface area contributed by atoms with Gasteiger partial charge in [0, 0.05) is 19.3 Å². The van der Waals surface area contributed by atoms with Crippen LogP contribution in [0.15, 0.2) is 60.7 Å². The van der Waals surface area contributed by atoms with Gasteiger partial charge in [-0.3, -0.25) is 0 Å². The molecule has 4 aliphatic rings. The number of ether oxygens (including phenoxy) is 3. The maximum Gasteiger partial charge on any atom is 0.273 e. The van der Waals surface area contributed by atoms with Gasteiger partial charge in [-0.1, -0.05) is 81.4 Å². The molecule has 0 spiro atoms. The fourth-order valence-electron chi connectivity index (χ4n) is 5.81. The van der Waals surface area contributed by atoms with Crippen molar-refractivity contribution in [2.45, 2.75) is 106 Å². The summed E-state index contributed by atoms with van der Waals surface area (Å²) in [5, 5.41) is 35.7. The lowest BCUT2D eigenvalue weighted by molar-refractivity contribution is -0.501. The van der Waals surface area contributed by atoms with Crippen molar-refractivity contribution in [1.82, 2.24) is 0 Å². The van der Waals surface area contributed by atoms with E-state index in [1.165, 1.54) is 0 Å². The van der Waals surface area contributed by atoms with Crippen molar-refractivity contribution < 1.29 is 34.0 Å². The summed E-state index contributed by atoms with van der Waals surface area (Å²) in [6.45, 7) is 9.70. The molecule has 6 rings (SSSR count). The van der Waals surface area contributed by atoms with Crippen molar-refractivity contribution in [1.29, 1.82) is 0 Å². The van der Waals surface area contributed by atoms with E-state index in [1.54, 1.807) is 0 Å². The van der Waals surface area contributed by atoms with Crippen LogP contribution in [0, 0.1) is 0 Å². The number of aliphatic hydroxyl groups is 3. The predicted octanol–water partition coefficient (Wildman–Crippen LogP) is 3.56. The maximum absolute atomic E-state index is 12.3. The standard InChI is InChI=1S/C29H40O7Si/c1-27(2,3)37(4,5)36-23-22-21(30)24-29(32,25(23)35-26(33-22)34-24)18-28(31,16-19-12-8-6-9-13-19)17-20-14-10-7-11-15-20/h6-15,21-26,30-32H,16-18H2,1-5H3/t21-,22-,23-,24+,25-,26?,29-/m1/s1. The molecule has 2 aromatic carbocycles. The van der Waals surface area contributed by atoms with Gasteiger partial charge >= 0.3 is 0 Å². The monoisotopic (exact) mass is 528 g/mol. The summed E-state index contributed by atoms with van der Waals surface area (Å²) < 4.78 is 24.5. The van der Waals surface area contributed by atoms with Crippen molar-refractivity contribution >= 4 is 8.32 Å². The Bertz CT molecular complexity index is 1030. The lowest BCUT2D eigenvalue weighted by atomic mass is 9.66. The fourth-order valence-corrected chi connectivity index (χ4v) is 7.10. The van der Waals surface area contributed by atoms with Gasteiger partial charge in [-0.05, 0) is 29.3 Å². The quantitative estimate of drug-likeness (QED) is 0.451. The molecule has 0 amide bonds. The number of hydrogen-bond donors (Lipinski definition) is 3. The Kier molecular flexibility index (Phi) is 6.95. The summed E-state index contributed by atoms with van der Waals surface area (Å²) >= 11 is 0. The zero-order valence-electron chi connectivity index (χ0n) is 22.3. The van der Waals surface area contributed by atoms with E-state index < -0.39 is 56.5 Å². The highest BCUT2D eigenvalue weighted by Crippen LogP contribution is 2.51. The third kappa shape index (κ3) is 5.06. The number of aliphatic hydroxyl groups excluding tert-OH is 1. The Labute approximate surface area is 220 Å². The molecule has 1 saturated carbocycles. The largest absolute Gasteiger partial charge is 0.408 e. The molecule has 1 unspecified atom stereocenters. The Morgan fingerprint density at radius 2 is 1.38 bits per heavy atom. The van der Waals surface area contributed by atoms with Crippen LogP contribution in [0.5, 0.6) is 0 Å². The molecule has 8 heteroatoms. The molecule has 0 radical (unpaired) electrons. The van der Waals surface area contributed by atoms with Gasteiger partial charge in [-0.15, -0.1) is 0 Å². The van der Waals surface area contributed by atoms with E-state index in [1.807, 2.05) is 60.7 Å². The fraction of sp³-hybridized carbons (Fsp3) is 0.586. The van der Waals surface area contributed by atoms with Gasteiger partial charge in [0.1, 0.15) is 36.1 Å². The second-order valence-electron chi connectivity index (χ2n) is 12.6. The van der Waals surface area contributed by atoms with Gasteiger partial charge in [0.05, 0.1) is 5.60 Å². The van der Waals surface area contributed by atoms with Gasteiger partial charge in [0.25, 0.3) is 6.48 Å². The Morgan fingerprint density at radius 1 is 0.865 bits per heavy atom. The lowest BCUT2D eigenvalue weighted by Gasteiger charge is -2.63. The SMILES string of the molecule is CC(C)(C)[Si](C)(C)O[C@@H]1[C@@H]2OC3O[C@H]1[C@@](O)(CC(O)(Cc1ccccc1)Cc1ccccc1)[C@@H](O3)[C@@H]2O. The minimum atomic E-state index is -2.32. The smallest absolute Gasteiger partial charge is 0.273 e. The molecule has 3 heterocycles. The van der Waals surface area contributed by atoms with Crippen LogP contribution >= 0.6 is 0 Å². The van der Waals surface area contributed by atoms with E-state index in [-0.39, 0.29) is 11.5 Å². The second-order valence-corrected chi connectivity index (χ2v) is 17.3. The molecule has 0 aromatic heterocycles. The van der Waals surface area contributed by atoms with Crippen molar-refractivity contribution in [3.05, 3.63) is 71.8 Å². The van der Waals surface area contributed by atoms with Gasteiger partial charge in [0.2, 0.25) is 0 Å². The summed E-state index contributed by atoms with van der Waals surface area (Å²) in [5.41, 5.74) is -1.13. The van der Waals surface area contributed by atoms with E-state index in [9.17, 15) is 15.3 Å². The van der Waals surface area contributed by atoms with Crippen molar-refractivity contribution in [3.8, 4) is 0 Å². The Balaban J connectivity index is 1.50. The summed E-state index contributed by atoms with van der Waals surface area (Å²) in [6, 6.07) is 19.5. The summed E-state index contributed by atoms with van der Waals surface area (Å²) in [6.07, 6.45) is -3.68. The molecule has 2 aromatic rings. The highest BCUT2D eigenvalue weighted by molar-refractivity contribution is 6.74. The molecule has 4 fully saturated rings. The molecule has 3 N–H and O–H groups in total. The van der Waals surface area contributed by atoms with Crippen LogP contribution in [-0.2, 0) is 31.5 Å². The molecule has 3 aliphatic heterocycles. The summed E-state index contributed by atoms with van der Waals surface area (Å²) in [5.74, 6) is 0. The normalized spacial score (nSPS) is 33.6. The first-order valence-electron chi connectivity index (χ1n) is 13.2. The van der Waals surface area contributed by atoms with Crippen LogP contribution < -0.4 is 0 Å². The lowest BCUT2D eigenvalue weighted by Crippen LogP contribution is -2.82. The van der Waals surface area contributed by atoms with Gasteiger partial charge < -0.3 is 34.0 Å². The highest BCUT2D eigenvalue weighted by atomic mass is 28.4. The molecule has 4 bridgehead atoms. The highest BCUT2D eigenvalue weighted by Gasteiger charge is 2.70. The third-order valence-electron chi connectivity index (χ3n) is 8.64. The van der Waals surface area contributed by atoms with E-state index in [2.05, 4.69) is 33.9 Å². The van der Waals surface area contributed by atoms with Crippen LogP contribution in [0.1, 0.15) is 38.3 Å². The topological polar surface area (TPSA) is 97.6 Å².